The van der Waals surface area contributed by atoms with Crippen molar-refractivity contribution in [3.63, 3.8) is 0 Å². The van der Waals surface area contributed by atoms with Gasteiger partial charge in [-0.15, -0.1) is 0 Å². The number of rotatable bonds is 8. The van der Waals surface area contributed by atoms with Crippen molar-refractivity contribution in [1.29, 1.82) is 0 Å². The molecule has 0 unspecified atom stereocenters. The molecule has 0 aliphatic carbocycles. The number of carbonyl (C=O) groups excluding carboxylic acids is 4. The summed E-state index contributed by atoms with van der Waals surface area (Å²) in [6.45, 7) is -0.783. The van der Waals surface area contributed by atoms with Crippen molar-refractivity contribution in [2.24, 2.45) is 0 Å². The standard InChI is InChI=1S/C29H14Cl5N3O7/c30-19-4-2-1-3-18(19)27(39)35(36-28(40)21-22(29(36)41)24(32)26(34)25(33)23(21)31)13-20(38)14-5-9-16(10-6-14)44-17-11-7-15(8-12-17)37(42)43/h1-12H,13H2. The van der Waals surface area contributed by atoms with Crippen molar-refractivity contribution in [1.82, 2.24) is 10.0 Å². The van der Waals surface area contributed by atoms with Gasteiger partial charge in [-0.05, 0) is 48.5 Å². The number of halogens is 5. The molecule has 10 nitrogen and oxygen atoms in total. The highest BCUT2D eigenvalue weighted by Gasteiger charge is 2.46. The molecule has 0 radical (unpaired) electrons. The summed E-state index contributed by atoms with van der Waals surface area (Å²) in [5, 5.41) is 10.7. The summed E-state index contributed by atoms with van der Waals surface area (Å²) < 4.78 is 5.67. The van der Waals surface area contributed by atoms with Crippen LogP contribution in [0.15, 0.2) is 72.8 Å². The Morgan fingerprint density at radius 1 is 0.750 bits per heavy atom. The fourth-order valence-electron chi connectivity index (χ4n) is 4.27. The Kier molecular flexibility index (Phi) is 8.83. The van der Waals surface area contributed by atoms with E-state index in [0.717, 1.165) is 0 Å². The molecule has 15 heteroatoms. The van der Waals surface area contributed by atoms with Gasteiger partial charge in [0.2, 0.25) is 0 Å². The molecule has 5 rings (SSSR count). The van der Waals surface area contributed by atoms with E-state index >= 15 is 0 Å². The van der Waals surface area contributed by atoms with Gasteiger partial charge in [-0.25, -0.2) is 5.01 Å². The largest absolute Gasteiger partial charge is 0.457 e. The molecular formula is C29H14Cl5N3O7. The van der Waals surface area contributed by atoms with Gasteiger partial charge >= 0.3 is 0 Å². The van der Waals surface area contributed by atoms with Gasteiger partial charge in [0.25, 0.3) is 23.4 Å². The number of Topliss-reactive ketones (excluding diaryl/α,β-unsaturated/α-hetero) is 1. The number of ether oxygens (including phenoxy) is 1. The Balaban J connectivity index is 1.46. The second kappa shape index (κ2) is 12.4. The fraction of sp³-hybridized carbons (Fsp3) is 0.0345. The molecule has 4 aromatic carbocycles. The number of carbonyl (C=O) groups is 4. The van der Waals surface area contributed by atoms with E-state index < -0.39 is 35.0 Å². The smallest absolute Gasteiger partial charge is 0.282 e. The van der Waals surface area contributed by atoms with Gasteiger partial charge in [-0.1, -0.05) is 70.1 Å². The molecule has 0 saturated carbocycles. The Hall–Kier alpha value is -4.19. The Labute approximate surface area is 273 Å². The molecule has 3 amide bonds. The number of nitro groups is 1. The van der Waals surface area contributed by atoms with Crippen LogP contribution in [0.1, 0.15) is 41.4 Å². The SMILES string of the molecule is O=C(CN(C(=O)c1ccccc1Cl)N1C(=O)c2c(Cl)c(Cl)c(Cl)c(Cl)c2C1=O)c1ccc(Oc2ccc([N+](=O)[O-])cc2)cc1. The predicted octanol–water partition coefficient (Wildman–Crippen LogP) is 8.19. The van der Waals surface area contributed by atoms with Crippen molar-refractivity contribution in [2.75, 3.05) is 6.54 Å². The van der Waals surface area contributed by atoms with Crippen molar-refractivity contribution >= 4 is 87.2 Å². The van der Waals surface area contributed by atoms with Crippen molar-refractivity contribution in [3.05, 3.63) is 130 Å². The normalized spacial score (nSPS) is 12.2. The van der Waals surface area contributed by atoms with E-state index in [1.807, 2.05) is 0 Å². The zero-order chi connectivity index (χ0) is 31.9. The van der Waals surface area contributed by atoms with E-state index in [4.69, 9.17) is 62.7 Å². The summed E-state index contributed by atoms with van der Waals surface area (Å²) in [5.41, 5.74) is -0.875. The van der Waals surface area contributed by atoms with Crippen LogP contribution in [0.25, 0.3) is 0 Å². The van der Waals surface area contributed by atoms with E-state index in [9.17, 15) is 29.3 Å². The van der Waals surface area contributed by atoms with E-state index in [-0.39, 0.29) is 53.1 Å². The molecule has 0 atom stereocenters. The summed E-state index contributed by atoms with van der Waals surface area (Å²) in [5.74, 6) is -3.11. The van der Waals surface area contributed by atoms with Crippen LogP contribution in [-0.2, 0) is 0 Å². The third kappa shape index (κ3) is 5.70. The van der Waals surface area contributed by atoms with E-state index in [2.05, 4.69) is 0 Å². The first-order valence-corrected chi connectivity index (χ1v) is 14.2. The predicted molar refractivity (Wildman–Crippen MR) is 163 cm³/mol. The van der Waals surface area contributed by atoms with Crippen LogP contribution in [0.5, 0.6) is 11.5 Å². The number of non-ortho nitro benzene ring substituents is 1. The van der Waals surface area contributed by atoms with Crippen LogP contribution in [0.4, 0.5) is 5.69 Å². The third-order valence-electron chi connectivity index (χ3n) is 6.41. The van der Waals surface area contributed by atoms with Crippen LogP contribution in [-0.4, -0.2) is 45.0 Å². The van der Waals surface area contributed by atoms with E-state index in [1.54, 1.807) is 6.07 Å². The quantitative estimate of drug-likeness (QED) is 0.0455. The number of imide groups is 1. The van der Waals surface area contributed by atoms with E-state index in [1.165, 1.54) is 66.7 Å². The number of benzene rings is 4. The highest BCUT2D eigenvalue weighted by atomic mass is 35.5. The molecule has 0 spiro atoms. The first-order valence-electron chi connectivity index (χ1n) is 12.3. The maximum Gasteiger partial charge on any atom is 0.282 e. The number of ketones is 1. The molecule has 0 bridgehead atoms. The minimum Gasteiger partial charge on any atom is -0.457 e. The van der Waals surface area contributed by atoms with Gasteiger partial charge in [0, 0.05) is 17.7 Å². The highest BCUT2D eigenvalue weighted by Crippen LogP contribution is 2.45. The second-order valence-corrected chi connectivity index (χ2v) is 11.0. The summed E-state index contributed by atoms with van der Waals surface area (Å²) in [6.07, 6.45) is 0. The summed E-state index contributed by atoms with van der Waals surface area (Å²) in [7, 11) is 0. The fourth-order valence-corrected chi connectivity index (χ4v) is 5.50. The number of nitro benzene ring substituents is 1. The number of nitrogens with zero attached hydrogens (tertiary/aromatic N) is 3. The minimum absolute atomic E-state index is 0.00135. The van der Waals surface area contributed by atoms with Crippen LogP contribution < -0.4 is 4.74 Å². The Morgan fingerprint density at radius 3 is 1.75 bits per heavy atom. The second-order valence-electron chi connectivity index (χ2n) is 9.07. The van der Waals surface area contributed by atoms with E-state index in [0.29, 0.717) is 21.5 Å². The van der Waals surface area contributed by atoms with Crippen LogP contribution in [0.2, 0.25) is 25.1 Å². The van der Waals surface area contributed by atoms with Gasteiger partial charge in [0.05, 0.1) is 46.7 Å². The first-order chi connectivity index (χ1) is 20.9. The monoisotopic (exact) mass is 691 g/mol. The molecule has 0 aromatic heterocycles. The van der Waals surface area contributed by atoms with Crippen molar-refractivity contribution < 1.29 is 28.8 Å². The average Bonchev–Trinajstić information content (AvgIpc) is 3.27. The molecule has 1 aliphatic heterocycles. The lowest BCUT2D eigenvalue weighted by Gasteiger charge is -2.29. The topological polar surface area (TPSA) is 127 Å². The maximum absolute atomic E-state index is 13.8. The number of hydrazine groups is 1. The Bertz CT molecular complexity index is 1840. The molecule has 44 heavy (non-hydrogen) atoms. The van der Waals surface area contributed by atoms with Gasteiger partial charge < -0.3 is 4.74 Å². The lowest BCUT2D eigenvalue weighted by atomic mass is 10.1. The van der Waals surface area contributed by atoms with Gasteiger partial charge in [0.15, 0.2) is 5.78 Å². The molecule has 0 fully saturated rings. The number of amides is 3. The molecular weight excluding hydrogens is 680 g/mol. The Morgan fingerprint density at radius 2 is 1.25 bits per heavy atom. The van der Waals surface area contributed by atoms with Gasteiger partial charge in [-0.2, -0.15) is 5.01 Å². The lowest BCUT2D eigenvalue weighted by molar-refractivity contribution is -0.384. The molecule has 4 aromatic rings. The minimum atomic E-state index is -1.06. The number of hydrogen-bond donors (Lipinski definition) is 0. The summed E-state index contributed by atoms with van der Waals surface area (Å²) in [4.78, 5) is 64.7. The highest BCUT2D eigenvalue weighted by molar-refractivity contribution is 6.55. The van der Waals surface area contributed by atoms with Crippen LogP contribution in [0, 0.1) is 10.1 Å². The molecule has 0 N–H and O–H groups in total. The molecule has 222 valence electrons. The summed E-state index contributed by atoms with van der Waals surface area (Å²) >= 11 is 31.0. The average molecular weight is 694 g/mol. The van der Waals surface area contributed by atoms with Crippen molar-refractivity contribution in [2.45, 2.75) is 0 Å². The van der Waals surface area contributed by atoms with Crippen molar-refractivity contribution in [3.8, 4) is 11.5 Å². The lowest BCUT2D eigenvalue weighted by Crippen LogP contribution is -2.51. The van der Waals surface area contributed by atoms with Gasteiger partial charge in [-0.3, -0.25) is 29.3 Å². The zero-order valence-electron chi connectivity index (χ0n) is 21.7. The zero-order valence-corrected chi connectivity index (χ0v) is 25.5. The molecule has 1 aliphatic rings. The maximum atomic E-state index is 13.8. The van der Waals surface area contributed by atoms with Gasteiger partial charge in [0.1, 0.15) is 18.0 Å². The third-order valence-corrected chi connectivity index (χ3v) is 8.54. The van der Waals surface area contributed by atoms with Crippen LogP contribution in [0.3, 0.4) is 0 Å². The number of hydrogen-bond acceptors (Lipinski definition) is 7. The number of fused-ring (bicyclic) bond motifs is 1. The molecule has 0 saturated heterocycles. The molecule has 1 heterocycles. The summed E-state index contributed by atoms with van der Waals surface area (Å²) in [6, 6.07) is 17.0. The first kappa shape index (κ1) is 31.2. The van der Waals surface area contributed by atoms with Crippen LogP contribution >= 0.6 is 58.0 Å².